The Morgan fingerprint density at radius 1 is 1.80 bits per heavy atom. The van der Waals surface area contributed by atoms with Gasteiger partial charge in [0, 0.05) is 11.6 Å². The van der Waals surface area contributed by atoms with Crippen LogP contribution in [0.1, 0.15) is 0 Å². The van der Waals surface area contributed by atoms with E-state index in [1.807, 2.05) is 0 Å². The molecule has 1 fully saturated rings. The van der Waals surface area contributed by atoms with E-state index in [9.17, 15) is 0 Å². The standard InChI is InChI=1S/C5H9ClO2S2/c6-1-4(7)3-9-10-5-2-8-5/h4-5,7H,1-3H2. The maximum absolute atomic E-state index is 8.98. The molecule has 2 atom stereocenters. The first-order valence-corrected chi connectivity index (χ1v) is 5.88. The van der Waals surface area contributed by atoms with E-state index >= 15 is 0 Å². The minimum Gasteiger partial charge on any atom is -0.391 e. The molecule has 0 aromatic carbocycles. The van der Waals surface area contributed by atoms with Gasteiger partial charge in [0.1, 0.15) is 5.44 Å². The summed E-state index contributed by atoms with van der Waals surface area (Å²) in [6.07, 6.45) is -0.377. The third-order valence-electron chi connectivity index (χ3n) is 0.917. The van der Waals surface area contributed by atoms with E-state index in [0.717, 1.165) is 6.61 Å². The van der Waals surface area contributed by atoms with Crippen molar-refractivity contribution in [3.8, 4) is 0 Å². The largest absolute Gasteiger partial charge is 0.391 e. The van der Waals surface area contributed by atoms with Gasteiger partial charge in [-0.3, -0.25) is 0 Å². The van der Waals surface area contributed by atoms with E-state index in [0.29, 0.717) is 17.1 Å². The lowest BCUT2D eigenvalue weighted by Crippen LogP contribution is -2.10. The normalized spacial score (nSPS) is 26.4. The van der Waals surface area contributed by atoms with Crippen LogP contribution in [0.2, 0.25) is 0 Å². The Hall–Kier alpha value is 0.910. The van der Waals surface area contributed by atoms with Crippen LogP contribution in [0.15, 0.2) is 0 Å². The lowest BCUT2D eigenvalue weighted by molar-refractivity contribution is 0.224. The summed E-state index contributed by atoms with van der Waals surface area (Å²) in [7, 11) is 3.28. The zero-order chi connectivity index (χ0) is 7.40. The van der Waals surface area contributed by atoms with Crippen LogP contribution in [0.4, 0.5) is 0 Å². The Morgan fingerprint density at radius 3 is 3.00 bits per heavy atom. The van der Waals surface area contributed by atoms with Gasteiger partial charge in [-0.1, -0.05) is 21.6 Å². The fraction of sp³-hybridized carbons (Fsp3) is 1.00. The predicted octanol–water partition coefficient (Wildman–Crippen LogP) is 1.32. The van der Waals surface area contributed by atoms with E-state index in [4.69, 9.17) is 21.4 Å². The highest BCUT2D eigenvalue weighted by atomic mass is 35.5. The molecule has 0 radical (unpaired) electrons. The summed E-state index contributed by atoms with van der Waals surface area (Å²) in [5, 5.41) is 8.98. The number of aliphatic hydroxyl groups excluding tert-OH is 1. The Balaban J connectivity index is 1.83. The quantitative estimate of drug-likeness (QED) is 0.412. The van der Waals surface area contributed by atoms with Crippen molar-refractivity contribution in [2.24, 2.45) is 0 Å². The van der Waals surface area contributed by atoms with Crippen molar-refractivity contribution in [1.29, 1.82) is 0 Å². The van der Waals surface area contributed by atoms with E-state index in [-0.39, 0.29) is 6.10 Å². The first-order chi connectivity index (χ1) is 4.83. The van der Waals surface area contributed by atoms with Crippen LogP contribution in [0.25, 0.3) is 0 Å². The van der Waals surface area contributed by atoms with Crippen molar-refractivity contribution in [1.82, 2.24) is 0 Å². The first kappa shape index (κ1) is 9.00. The Labute approximate surface area is 73.1 Å². The minimum absolute atomic E-state index is 0.319. The molecular weight excluding hydrogens is 192 g/mol. The van der Waals surface area contributed by atoms with Crippen molar-refractivity contribution in [3.05, 3.63) is 0 Å². The van der Waals surface area contributed by atoms with Gasteiger partial charge in [-0.15, -0.1) is 11.6 Å². The number of hydrogen-bond acceptors (Lipinski definition) is 4. The number of halogens is 1. The molecule has 2 unspecified atom stereocenters. The van der Waals surface area contributed by atoms with Crippen LogP contribution in [0.5, 0.6) is 0 Å². The van der Waals surface area contributed by atoms with Gasteiger partial charge >= 0.3 is 0 Å². The molecule has 0 aliphatic carbocycles. The van der Waals surface area contributed by atoms with Crippen LogP contribution in [-0.4, -0.2) is 34.9 Å². The minimum atomic E-state index is -0.377. The lowest BCUT2D eigenvalue weighted by atomic mass is 10.5. The van der Waals surface area contributed by atoms with Gasteiger partial charge in [-0.2, -0.15) is 0 Å². The highest BCUT2D eigenvalue weighted by Crippen LogP contribution is 2.34. The molecule has 0 aromatic rings. The summed E-state index contributed by atoms with van der Waals surface area (Å²) in [4.78, 5) is 0. The van der Waals surface area contributed by atoms with Gasteiger partial charge in [-0.05, 0) is 0 Å². The van der Waals surface area contributed by atoms with Crippen molar-refractivity contribution in [2.45, 2.75) is 11.5 Å². The molecule has 1 rings (SSSR count). The number of aliphatic hydroxyl groups is 1. The molecule has 0 saturated carbocycles. The molecule has 0 spiro atoms. The average Bonchev–Trinajstić information content (AvgIpc) is 2.71. The molecule has 2 nitrogen and oxygen atoms in total. The molecule has 1 N–H and O–H groups in total. The molecular formula is C5H9ClO2S2. The lowest BCUT2D eigenvalue weighted by Gasteiger charge is -2.02. The van der Waals surface area contributed by atoms with Crippen LogP contribution in [0, 0.1) is 0 Å². The molecule has 1 heterocycles. The fourth-order valence-electron chi connectivity index (χ4n) is 0.333. The molecule has 0 bridgehead atoms. The SMILES string of the molecule is OC(CCl)CSSC1CO1. The summed E-state index contributed by atoms with van der Waals surface area (Å²) >= 11 is 5.38. The second-order valence-electron chi connectivity index (χ2n) is 1.95. The van der Waals surface area contributed by atoms with Crippen LogP contribution < -0.4 is 0 Å². The Kier molecular flexibility index (Phi) is 4.25. The van der Waals surface area contributed by atoms with Gasteiger partial charge in [0.05, 0.1) is 12.7 Å². The van der Waals surface area contributed by atoms with E-state index in [2.05, 4.69) is 0 Å². The second kappa shape index (κ2) is 4.72. The zero-order valence-electron chi connectivity index (χ0n) is 5.33. The van der Waals surface area contributed by atoms with Crippen LogP contribution >= 0.6 is 33.2 Å². The number of alkyl halides is 1. The zero-order valence-corrected chi connectivity index (χ0v) is 7.71. The van der Waals surface area contributed by atoms with Gasteiger partial charge in [0.15, 0.2) is 0 Å². The summed E-state index contributed by atoms with van der Waals surface area (Å²) in [6, 6.07) is 0. The summed E-state index contributed by atoms with van der Waals surface area (Å²) in [5.41, 5.74) is 0.368. The fourth-order valence-corrected chi connectivity index (χ4v) is 2.76. The summed E-state index contributed by atoms with van der Waals surface area (Å²) in [6.45, 7) is 0.856. The smallest absolute Gasteiger partial charge is 0.136 e. The maximum atomic E-state index is 8.98. The van der Waals surface area contributed by atoms with E-state index in [1.54, 1.807) is 21.6 Å². The molecule has 5 heteroatoms. The molecule has 1 saturated heterocycles. The van der Waals surface area contributed by atoms with Crippen molar-refractivity contribution >= 4 is 33.2 Å². The van der Waals surface area contributed by atoms with Crippen LogP contribution in [-0.2, 0) is 4.74 Å². The molecule has 0 aromatic heterocycles. The number of epoxide rings is 1. The van der Waals surface area contributed by atoms with Crippen molar-refractivity contribution in [2.75, 3.05) is 18.2 Å². The second-order valence-corrected chi connectivity index (χ2v) is 4.83. The van der Waals surface area contributed by atoms with Gasteiger partial charge < -0.3 is 9.84 Å². The molecule has 1 aliphatic rings. The average molecular weight is 201 g/mol. The van der Waals surface area contributed by atoms with Crippen LogP contribution in [0.3, 0.4) is 0 Å². The third-order valence-corrected chi connectivity index (χ3v) is 3.88. The monoisotopic (exact) mass is 200 g/mol. The molecule has 60 valence electrons. The van der Waals surface area contributed by atoms with E-state index in [1.165, 1.54) is 0 Å². The number of rotatable bonds is 5. The van der Waals surface area contributed by atoms with Crippen molar-refractivity contribution < 1.29 is 9.84 Å². The topological polar surface area (TPSA) is 32.8 Å². The van der Waals surface area contributed by atoms with Gasteiger partial charge in [0.2, 0.25) is 0 Å². The molecule has 0 amide bonds. The Bertz CT molecular complexity index is 99.6. The predicted molar refractivity (Wildman–Crippen MR) is 46.5 cm³/mol. The highest BCUT2D eigenvalue weighted by Gasteiger charge is 2.23. The van der Waals surface area contributed by atoms with Gasteiger partial charge in [-0.25, -0.2) is 0 Å². The van der Waals surface area contributed by atoms with E-state index < -0.39 is 0 Å². The first-order valence-electron chi connectivity index (χ1n) is 2.97. The molecule has 10 heavy (non-hydrogen) atoms. The van der Waals surface area contributed by atoms with Crippen molar-refractivity contribution in [3.63, 3.8) is 0 Å². The summed E-state index contributed by atoms with van der Waals surface area (Å²) in [5.74, 6) is 1.01. The number of ether oxygens (including phenoxy) is 1. The highest BCUT2D eigenvalue weighted by molar-refractivity contribution is 8.77. The number of hydrogen-bond donors (Lipinski definition) is 1. The van der Waals surface area contributed by atoms with Gasteiger partial charge in [0.25, 0.3) is 0 Å². The third kappa shape index (κ3) is 3.93. The summed E-state index contributed by atoms with van der Waals surface area (Å²) < 4.78 is 4.95. The maximum Gasteiger partial charge on any atom is 0.136 e. The molecule has 1 aliphatic heterocycles. The Morgan fingerprint density at radius 2 is 2.50 bits per heavy atom.